The van der Waals surface area contributed by atoms with Gasteiger partial charge in [0.1, 0.15) is 0 Å². The van der Waals surface area contributed by atoms with Crippen molar-refractivity contribution in [1.29, 1.82) is 0 Å². The fourth-order valence-corrected chi connectivity index (χ4v) is 1.51. The van der Waals surface area contributed by atoms with Crippen molar-refractivity contribution in [3.05, 3.63) is 28.7 Å². The molecule has 2 rings (SSSR count). The van der Waals surface area contributed by atoms with Gasteiger partial charge < -0.3 is 9.32 Å². The molecule has 1 amide bonds. The highest BCUT2D eigenvalue weighted by molar-refractivity contribution is 5.93. The molecule has 0 N–H and O–H groups in total. The Labute approximate surface area is 91.9 Å². The van der Waals surface area contributed by atoms with Gasteiger partial charge in [-0.25, -0.2) is 4.79 Å². The van der Waals surface area contributed by atoms with Crippen molar-refractivity contribution in [2.24, 2.45) is 7.05 Å². The summed E-state index contributed by atoms with van der Waals surface area (Å²) in [6.07, 6.45) is 0. The number of benzene rings is 1. The zero-order valence-electron chi connectivity index (χ0n) is 9.35. The molecule has 0 unspecified atom stereocenters. The number of anilines is 1. The average molecular weight is 220 g/mol. The zero-order valence-corrected chi connectivity index (χ0v) is 9.35. The van der Waals surface area contributed by atoms with E-state index in [9.17, 15) is 9.59 Å². The maximum Gasteiger partial charge on any atom is 0.419 e. The van der Waals surface area contributed by atoms with Crippen LogP contribution in [0.5, 0.6) is 0 Å². The quantitative estimate of drug-likeness (QED) is 0.723. The maximum atomic E-state index is 11.3. The number of aryl methyl sites for hydroxylation is 1. The SMILES string of the molecule is CC(=O)N(C)c1ccc2oc(=O)n(C)c2c1. The molecule has 5 heteroatoms. The molecule has 0 spiro atoms. The number of hydrogen-bond acceptors (Lipinski definition) is 3. The van der Waals surface area contributed by atoms with Crippen molar-refractivity contribution in [1.82, 2.24) is 4.57 Å². The van der Waals surface area contributed by atoms with Crippen LogP contribution >= 0.6 is 0 Å². The molecule has 0 aliphatic heterocycles. The van der Waals surface area contributed by atoms with Crippen molar-refractivity contribution >= 4 is 22.7 Å². The van der Waals surface area contributed by atoms with Crippen LogP contribution in [0.2, 0.25) is 0 Å². The smallest absolute Gasteiger partial charge is 0.408 e. The summed E-state index contributed by atoms with van der Waals surface area (Å²) in [5, 5.41) is 0. The largest absolute Gasteiger partial charge is 0.419 e. The molecule has 5 nitrogen and oxygen atoms in total. The summed E-state index contributed by atoms with van der Waals surface area (Å²) in [5.41, 5.74) is 1.93. The Kier molecular flexibility index (Phi) is 2.30. The maximum absolute atomic E-state index is 11.3. The third kappa shape index (κ3) is 1.50. The molecule has 0 saturated heterocycles. The minimum absolute atomic E-state index is 0.0622. The molecule has 0 bridgehead atoms. The number of oxazole rings is 1. The summed E-state index contributed by atoms with van der Waals surface area (Å²) < 4.78 is 6.41. The van der Waals surface area contributed by atoms with E-state index in [0.29, 0.717) is 11.1 Å². The van der Waals surface area contributed by atoms with Gasteiger partial charge in [0.05, 0.1) is 5.52 Å². The van der Waals surface area contributed by atoms with Gasteiger partial charge >= 0.3 is 5.76 Å². The molecular weight excluding hydrogens is 208 g/mol. The predicted molar refractivity (Wildman–Crippen MR) is 60.5 cm³/mol. The van der Waals surface area contributed by atoms with Gasteiger partial charge in [0.15, 0.2) is 5.58 Å². The van der Waals surface area contributed by atoms with Crippen molar-refractivity contribution in [3.8, 4) is 0 Å². The number of hydrogen-bond donors (Lipinski definition) is 0. The van der Waals surface area contributed by atoms with Crippen molar-refractivity contribution < 1.29 is 9.21 Å². The van der Waals surface area contributed by atoms with E-state index in [2.05, 4.69) is 0 Å². The third-order valence-electron chi connectivity index (χ3n) is 2.63. The number of aromatic nitrogens is 1. The Morgan fingerprint density at radius 2 is 2.12 bits per heavy atom. The first-order valence-electron chi connectivity index (χ1n) is 4.84. The Hall–Kier alpha value is -2.04. The highest BCUT2D eigenvalue weighted by Crippen LogP contribution is 2.20. The van der Waals surface area contributed by atoms with Crippen LogP contribution in [-0.2, 0) is 11.8 Å². The molecule has 1 aromatic carbocycles. The molecule has 0 aliphatic carbocycles. The minimum atomic E-state index is -0.405. The number of carbonyl (C=O) groups is 1. The molecule has 84 valence electrons. The van der Waals surface area contributed by atoms with Gasteiger partial charge in [0.25, 0.3) is 0 Å². The number of nitrogens with zero attached hydrogens (tertiary/aromatic N) is 2. The molecule has 0 radical (unpaired) electrons. The topological polar surface area (TPSA) is 55.5 Å². The highest BCUT2D eigenvalue weighted by atomic mass is 16.4. The molecule has 0 aliphatic rings. The number of fused-ring (bicyclic) bond motifs is 1. The van der Waals surface area contributed by atoms with E-state index < -0.39 is 5.76 Å². The Morgan fingerprint density at radius 1 is 1.44 bits per heavy atom. The van der Waals surface area contributed by atoms with Gasteiger partial charge in [-0.3, -0.25) is 9.36 Å². The van der Waals surface area contributed by atoms with Crippen molar-refractivity contribution in [3.63, 3.8) is 0 Å². The Morgan fingerprint density at radius 3 is 2.75 bits per heavy atom. The van der Waals surface area contributed by atoms with E-state index in [4.69, 9.17) is 4.42 Å². The van der Waals surface area contributed by atoms with Crippen LogP contribution < -0.4 is 10.7 Å². The second-order valence-corrected chi connectivity index (χ2v) is 3.66. The van der Waals surface area contributed by atoms with Crippen LogP contribution in [0, 0.1) is 0 Å². The first-order valence-corrected chi connectivity index (χ1v) is 4.84. The van der Waals surface area contributed by atoms with Crippen molar-refractivity contribution in [2.75, 3.05) is 11.9 Å². The standard InChI is InChI=1S/C11H12N2O3/c1-7(14)12(2)8-4-5-10-9(6-8)13(3)11(15)16-10/h4-6H,1-3H3. The van der Waals surface area contributed by atoms with Gasteiger partial charge in [0, 0.05) is 26.7 Å². The molecular formula is C11H12N2O3. The first-order chi connectivity index (χ1) is 7.50. The lowest BCUT2D eigenvalue weighted by molar-refractivity contribution is -0.116. The molecule has 2 aromatic rings. The fraction of sp³-hybridized carbons (Fsp3) is 0.273. The monoisotopic (exact) mass is 220 g/mol. The first kappa shape index (κ1) is 10.5. The van der Waals surface area contributed by atoms with Crippen LogP contribution in [0.1, 0.15) is 6.92 Å². The highest BCUT2D eigenvalue weighted by Gasteiger charge is 2.10. The summed E-state index contributed by atoms with van der Waals surface area (Å²) >= 11 is 0. The molecule has 16 heavy (non-hydrogen) atoms. The summed E-state index contributed by atoms with van der Waals surface area (Å²) in [6.45, 7) is 1.48. The van der Waals surface area contributed by atoms with Gasteiger partial charge in [-0.05, 0) is 18.2 Å². The zero-order chi connectivity index (χ0) is 11.9. The minimum Gasteiger partial charge on any atom is -0.408 e. The molecule has 1 heterocycles. The van der Waals surface area contributed by atoms with Gasteiger partial charge in [-0.1, -0.05) is 0 Å². The van der Waals surface area contributed by atoms with Crippen LogP contribution in [0.4, 0.5) is 5.69 Å². The van der Waals surface area contributed by atoms with Crippen LogP contribution in [0.15, 0.2) is 27.4 Å². The summed E-state index contributed by atoms with van der Waals surface area (Å²) in [4.78, 5) is 24.0. The number of amides is 1. The second kappa shape index (κ2) is 3.52. The normalized spacial score (nSPS) is 10.7. The molecule has 1 aromatic heterocycles. The van der Waals surface area contributed by atoms with Crippen LogP contribution in [0.3, 0.4) is 0 Å². The average Bonchev–Trinajstić information content (AvgIpc) is 2.53. The lowest BCUT2D eigenvalue weighted by Gasteiger charge is -2.14. The summed E-state index contributed by atoms with van der Waals surface area (Å²) in [6, 6.07) is 5.18. The van der Waals surface area contributed by atoms with Crippen LogP contribution in [-0.4, -0.2) is 17.5 Å². The van der Waals surface area contributed by atoms with Gasteiger partial charge in [-0.15, -0.1) is 0 Å². The lowest BCUT2D eigenvalue weighted by Crippen LogP contribution is -2.22. The Balaban J connectivity index is 2.63. The van der Waals surface area contributed by atoms with E-state index in [1.165, 1.54) is 16.4 Å². The summed E-state index contributed by atoms with van der Waals surface area (Å²) in [7, 11) is 3.31. The van der Waals surface area contributed by atoms with Crippen LogP contribution in [0.25, 0.3) is 11.1 Å². The predicted octanol–water partition coefficient (Wildman–Crippen LogP) is 1.11. The van der Waals surface area contributed by atoms with E-state index >= 15 is 0 Å². The Bertz CT molecular complexity index is 609. The third-order valence-corrected chi connectivity index (χ3v) is 2.63. The van der Waals surface area contributed by atoms with E-state index in [1.54, 1.807) is 32.3 Å². The fourth-order valence-electron chi connectivity index (χ4n) is 1.51. The van der Waals surface area contributed by atoms with Gasteiger partial charge in [0.2, 0.25) is 5.91 Å². The molecule has 0 saturated carbocycles. The van der Waals surface area contributed by atoms with E-state index in [-0.39, 0.29) is 5.91 Å². The number of carbonyl (C=O) groups excluding carboxylic acids is 1. The van der Waals surface area contributed by atoms with E-state index in [1.807, 2.05) is 0 Å². The lowest BCUT2D eigenvalue weighted by atomic mass is 10.2. The molecule has 0 fully saturated rings. The molecule has 0 atom stereocenters. The summed E-state index contributed by atoms with van der Waals surface area (Å²) in [5.74, 6) is -0.467. The van der Waals surface area contributed by atoms with Gasteiger partial charge in [-0.2, -0.15) is 0 Å². The van der Waals surface area contributed by atoms with Crippen molar-refractivity contribution in [2.45, 2.75) is 6.92 Å². The van der Waals surface area contributed by atoms with E-state index in [0.717, 1.165) is 5.69 Å². The number of rotatable bonds is 1. The second-order valence-electron chi connectivity index (χ2n) is 3.66.